The van der Waals surface area contributed by atoms with Crippen LogP contribution in [0, 0.1) is 0 Å². The van der Waals surface area contributed by atoms with Crippen LogP contribution < -0.4 is 11.1 Å². The minimum atomic E-state index is -0.0265. The lowest BCUT2D eigenvalue weighted by Gasteiger charge is -2.07. The topological polar surface area (TPSA) is 73.6 Å². The van der Waals surface area contributed by atoms with Crippen LogP contribution in [0.1, 0.15) is 26.2 Å². The van der Waals surface area contributed by atoms with Gasteiger partial charge in [-0.3, -0.25) is 4.79 Å². The minimum absolute atomic E-state index is 0.0265. The minimum Gasteiger partial charge on any atom is -0.399 e. The fourth-order valence-electron chi connectivity index (χ4n) is 1.64. The third-order valence-electron chi connectivity index (χ3n) is 2.58. The molecule has 0 fully saturated rings. The molecule has 0 unspecified atom stereocenters. The zero-order valence-corrected chi connectivity index (χ0v) is 12.1. The van der Waals surface area contributed by atoms with Crippen molar-refractivity contribution in [1.29, 1.82) is 0 Å². The van der Waals surface area contributed by atoms with Crippen LogP contribution in [-0.4, -0.2) is 32.3 Å². The van der Waals surface area contributed by atoms with E-state index in [1.54, 1.807) is 12.1 Å². The molecule has 0 saturated carbocycles. The second-order valence-corrected chi connectivity index (χ2v) is 4.50. The van der Waals surface area contributed by atoms with E-state index < -0.39 is 0 Å². The second-order valence-electron chi connectivity index (χ2n) is 4.50. The van der Waals surface area contributed by atoms with Crippen molar-refractivity contribution in [1.82, 2.24) is 0 Å². The van der Waals surface area contributed by atoms with Crippen LogP contribution in [0.2, 0.25) is 0 Å². The smallest absolute Gasteiger partial charge is 0.224 e. The number of amides is 1. The third-order valence-corrected chi connectivity index (χ3v) is 2.58. The monoisotopic (exact) mass is 280 g/mol. The van der Waals surface area contributed by atoms with Crippen molar-refractivity contribution in [3.8, 4) is 0 Å². The maximum absolute atomic E-state index is 11.7. The zero-order chi connectivity index (χ0) is 14.6. The van der Waals surface area contributed by atoms with Gasteiger partial charge in [-0.25, -0.2) is 0 Å². The Labute approximate surface area is 120 Å². The summed E-state index contributed by atoms with van der Waals surface area (Å²) >= 11 is 0. The van der Waals surface area contributed by atoms with Gasteiger partial charge in [0.25, 0.3) is 0 Å². The predicted molar refractivity (Wildman–Crippen MR) is 80.6 cm³/mol. The number of carbonyl (C=O) groups excluding carboxylic acids is 1. The summed E-state index contributed by atoms with van der Waals surface area (Å²) in [6, 6.07) is 7.14. The Bertz CT molecular complexity index is 396. The Hall–Kier alpha value is -1.59. The van der Waals surface area contributed by atoms with Crippen molar-refractivity contribution in [2.45, 2.75) is 26.2 Å². The maximum Gasteiger partial charge on any atom is 0.224 e. The van der Waals surface area contributed by atoms with Crippen molar-refractivity contribution in [2.75, 3.05) is 37.5 Å². The van der Waals surface area contributed by atoms with Crippen molar-refractivity contribution < 1.29 is 14.3 Å². The molecule has 1 amide bonds. The number of nitrogens with two attached hydrogens (primary N) is 1. The molecule has 112 valence electrons. The van der Waals surface area contributed by atoms with E-state index in [4.69, 9.17) is 15.2 Å². The lowest BCUT2D eigenvalue weighted by molar-refractivity contribution is -0.116. The van der Waals surface area contributed by atoms with E-state index in [1.807, 2.05) is 12.1 Å². The number of ether oxygens (including phenoxy) is 2. The Morgan fingerprint density at radius 2 is 1.95 bits per heavy atom. The first-order valence-electron chi connectivity index (χ1n) is 7.03. The Morgan fingerprint density at radius 1 is 1.20 bits per heavy atom. The number of hydrogen-bond acceptors (Lipinski definition) is 4. The van der Waals surface area contributed by atoms with Crippen LogP contribution in [0.25, 0.3) is 0 Å². The van der Waals surface area contributed by atoms with E-state index >= 15 is 0 Å². The molecule has 20 heavy (non-hydrogen) atoms. The Morgan fingerprint density at radius 3 is 2.65 bits per heavy atom. The Balaban J connectivity index is 2.03. The van der Waals surface area contributed by atoms with Gasteiger partial charge < -0.3 is 20.5 Å². The Kier molecular flexibility index (Phi) is 8.42. The van der Waals surface area contributed by atoms with Crippen LogP contribution in [0.15, 0.2) is 24.3 Å². The molecular weight excluding hydrogens is 256 g/mol. The number of anilines is 2. The molecule has 0 radical (unpaired) electrons. The van der Waals surface area contributed by atoms with Gasteiger partial charge in [0.1, 0.15) is 0 Å². The summed E-state index contributed by atoms with van der Waals surface area (Å²) in [4.78, 5) is 11.7. The molecule has 0 aliphatic carbocycles. The average molecular weight is 280 g/mol. The van der Waals surface area contributed by atoms with Crippen molar-refractivity contribution in [3.05, 3.63) is 24.3 Å². The highest BCUT2D eigenvalue weighted by molar-refractivity contribution is 5.91. The molecule has 1 rings (SSSR count). The fraction of sp³-hybridized carbons (Fsp3) is 0.533. The standard InChI is InChI=1S/C15H24N2O3/c1-2-8-19-10-11-20-9-4-7-15(18)17-14-6-3-5-13(16)12-14/h3,5-6,12H,2,4,7-11,16H2,1H3,(H,17,18). The molecule has 5 heteroatoms. The average Bonchev–Trinajstić information content (AvgIpc) is 2.42. The second kappa shape index (κ2) is 10.2. The lowest BCUT2D eigenvalue weighted by Crippen LogP contribution is -2.13. The van der Waals surface area contributed by atoms with E-state index in [9.17, 15) is 4.79 Å². The van der Waals surface area contributed by atoms with E-state index in [0.717, 1.165) is 18.7 Å². The van der Waals surface area contributed by atoms with E-state index in [1.165, 1.54) is 0 Å². The summed E-state index contributed by atoms with van der Waals surface area (Å²) in [7, 11) is 0. The molecule has 0 aromatic heterocycles. The van der Waals surface area contributed by atoms with Gasteiger partial charge in [-0.15, -0.1) is 0 Å². The van der Waals surface area contributed by atoms with Gasteiger partial charge in [-0.05, 0) is 31.0 Å². The molecule has 0 aliphatic rings. The van der Waals surface area contributed by atoms with E-state index in [0.29, 0.717) is 38.3 Å². The van der Waals surface area contributed by atoms with E-state index in [2.05, 4.69) is 12.2 Å². The molecule has 3 N–H and O–H groups in total. The summed E-state index contributed by atoms with van der Waals surface area (Å²) in [5, 5.41) is 2.80. The maximum atomic E-state index is 11.7. The molecule has 0 heterocycles. The number of nitrogen functional groups attached to an aromatic ring is 1. The fourth-order valence-corrected chi connectivity index (χ4v) is 1.64. The first-order chi connectivity index (χ1) is 9.72. The van der Waals surface area contributed by atoms with Gasteiger partial charge in [0.2, 0.25) is 5.91 Å². The number of carbonyl (C=O) groups is 1. The summed E-state index contributed by atoms with van der Waals surface area (Å²) < 4.78 is 10.7. The van der Waals surface area contributed by atoms with E-state index in [-0.39, 0.29) is 5.91 Å². The van der Waals surface area contributed by atoms with Gasteiger partial charge in [0, 0.05) is 31.0 Å². The molecule has 0 atom stereocenters. The molecule has 5 nitrogen and oxygen atoms in total. The third kappa shape index (κ3) is 7.76. The quantitative estimate of drug-likeness (QED) is 0.510. The largest absolute Gasteiger partial charge is 0.399 e. The molecule has 0 bridgehead atoms. The normalized spacial score (nSPS) is 10.4. The first kappa shape index (κ1) is 16.5. The van der Waals surface area contributed by atoms with Gasteiger partial charge in [0.05, 0.1) is 13.2 Å². The molecule has 0 aliphatic heterocycles. The van der Waals surface area contributed by atoms with Gasteiger partial charge in [-0.2, -0.15) is 0 Å². The summed E-state index contributed by atoms with van der Waals surface area (Å²) in [6.45, 7) is 4.60. The molecule has 0 spiro atoms. The van der Waals surface area contributed by atoms with Crippen molar-refractivity contribution in [3.63, 3.8) is 0 Å². The van der Waals surface area contributed by atoms with Crippen LogP contribution in [0.5, 0.6) is 0 Å². The molecule has 0 saturated heterocycles. The van der Waals surface area contributed by atoms with Crippen LogP contribution in [-0.2, 0) is 14.3 Å². The van der Waals surface area contributed by atoms with Crippen LogP contribution in [0.4, 0.5) is 11.4 Å². The molecule has 1 aromatic rings. The summed E-state index contributed by atoms with van der Waals surface area (Å²) in [6.07, 6.45) is 2.15. The summed E-state index contributed by atoms with van der Waals surface area (Å²) in [5.74, 6) is -0.0265. The van der Waals surface area contributed by atoms with Crippen LogP contribution in [0.3, 0.4) is 0 Å². The molecule has 1 aromatic carbocycles. The first-order valence-corrected chi connectivity index (χ1v) is 7.03. The van der Waals surface area contributed by atoms with Crippen LogP contribution >= 0.6 is 0 Å². The van der Waals surface area contributed by atoms with Crippen molar-refractivity contribution in [2.24, 2.45) is 0 Å². The summed E-state index contributed by atoms with van der Waals surface area (Å²) in [5.41, 5.74) is 7.00. The predicted octanol–water partition coefficient (Wildman–Crippen LogP) is 2.43. The van der Waals surface area contributed by atoms with Gasteiger partial charge in [0.15, 0.2) is 0 Å². The SMILES string of the molecule is CCCOCCOCCCC(=O)Nc1cccc(N)c1. The van der Waals surface area contributed by atoms with Gasteiger partial charge >= 0.3 is 0 Å². The van der Waals surface area contributed by atoms with Crippen molar-refractivity contribution >= 4 is 17.3 Å². The number of rotatable bonds is 10. The molecular formula is C15H24N2O3. The number of hydrogen-bond donors (Lipinski definition) is 2. The van der Waals surface area contributed by atoms with Gasteiger partial charge in [-0.1, -0.05) is 13.0 Å². The number of nitrogens with one attached hydrogen (secondary N) is 1. The highest BCUT2D eigenvalue weighted by atomic mass is 16.5. The highest BCUT2D eigenvalue weighted by Gasteiger charge is 2.02. The number of benzene rings is 1. The zero-order valence-electron chi connectivity index (χ0n) is 12.1. The highest BCUT2D eigenvalue weighted by Crippen LogP contribution is 2.12. The lowest BCUT2D eigenvalue weighted by atomic mass is 10.2.